The van der Waals surface area contributed by atoms with Gasteiger partial charge in [-0.2, -0.15) is 0 Å². The van der Waals surface area contributed by atoms with Crippen LogP contribution in [0, 0.1) is 29.1 Å². The molecule has 0 bridgehead atoms. The van der Waals surface area contributed by atoms with Gasteiger partial charge in [-0.05, 0) is 73.8 Å². The van der Waals surface area contributed by atoms with Gasteiger partial charge in [0.15, 0.2) is 0 Å². The van der Waals surface area contributed by atoms with Crippen LogP contribution in [0.1, 0.15) is 64.9 Å². The topological polar surface area (TPSA) is 22.4 Å². The molecule has 0 radical (unpaired) electrons. The van der Waals surface area contributed by atoms with E-state index < -0.39 is 0 Å². The first kappa shape index (κ1) is 18.3. The summed E-state index contributed by atoms with van der Waals surface area (Å²) in [6.07, 6.45) is 17.6. The number of rotatable bonds is 6. The van der Waals surface area contributed by atoms with Gasteiger partial charge in [0.2, 0.25) is 0 Å². The summed E-state index contributed by atoms with van der Waals surface area (Å²) in [4.78, 5) is 0. The molecule has 1 aromatic rings. The molecule has 136 valence electrons. The third-order valence-electron chi connectivity index (χ3n) is 6.93. The van der Waals surface area contributed by atoms with Crippen LogP contribution in [-0.4, -0.2) is 13.2 Å². The zero-order chi connectivity index (χ0) is 17.9. The van der Waals surface area contributed by atoms with Crippen molar-refractivity contribution in [3.63, 3.8) is 0 Å². The van der Waals surface area contributed by atoms with Crippen LogP contribution in [0.15, 0.2) is 34.2 Å². The first-order valence-electron chi connectivity index (χ1n) is 9.71. The molecule has 2 aliphatic rings. The molecule has 0 saturated heterocycles. The van der Waals surface area contributed by atoms with Crippen molar-refractivity contribution in [3.05, 3.63) is 35.3 Å². The molecule has 0 spiro atoms. The van der Waals surface area contributed by atoms with Crippen LogP contribution >= 0.6 is 0 Å². The van der Waals surface area contributed by atoms with Gasteiger partial charge < -0.3 is 9.15 Å². The van der Waals surface area contributed by atoms with E-state index in [1.54, 1.807) is 17.4 Å². The summed E-state index contributed by atoms with van der Waals surface area (Å²) in [5.41, 5.74) is 5.18. The molecule has 1 aromatic heterocycles. The van der Waals surface area contributed by atoms with Crippen molar-refractivity contribution in [2.75, 3.05) is 13.2 Å². The van der Waals surface area contributed by atoms with Gasteiger partial charge in [0, 0.05) is 0 Å². The van der Waals surface area contributed by atoms with Crippen molar-refractivity contribution in [1.29, 1.82) is 0 Å². The van der Waals surface area contributed by atoms with E-state index in [0.29, 0.717) is 17.9 Å². The Morgan fingerprint density at radius 3 is 2.88 bits per heavy atom. The number of terminal acetylenes is 1. The Kier molecular flexibility index (Phi) is 5.44. The summed E-state index contributed by atoms with van der Waals surface area (Å²) in [6, 6.07) is 2.09. The van der Waals surface area contributed by atoms with Crippen LogP contribution in [-0.2, 0) is 11.2 Å². The van der Waals surface area contributed by atoms with Gasteiger partial charge in [-0.1, -0.05) is 37.3 Å². The average molecular weight is 341 g/mol. The number of allylic oxidation sites excluding steroid dienone is 2. The number of ether oxygens (including phenoxy) is 1. The number of hydrogen-bond acceptors (Lipinski definition) is 2. The largest absolute Gasteiger partial charge is 0.472 e. The maximum atomic E-state index is 5.84. The van der Waals surface area contributed by atoms with E-state index in [9.17, 15) is 0 Å². The highest BCUT2D eigenvalue weighted by atomic mass is 16.5. The second-order valence-corrected chi connectivity index (χ2v) is 8.60. The number of fused-ring (bicyclic) bond motifs is 1. The molecule has 0 unspecified atom stereocenters. The van der Waals surface area contributed by atoms with Crippen LogP contribution in [0.25, 0.3) is 0 Å². The van der Waals surface area contributed by atoms with E-state index in [1.807, 2.05) is 6.26 Å². The maximum Gasteiger partial charge on any atom is 0.107 e. The van der Waals surface area contributed by atoms with Gasteiger partial charge in [-0.15, -0.1) is 6.42 Å². The minimum absolute atomic E-state index is 0.242. The number of furan rings is 1. The third-order valence-corrected chi connectivity index (χ3v) is 6.93. The lowest BCUT2D eigenvalue weighted by molar-refractivity contribution is -0.0563. The molecule has 0 aromatic carbocycles. The molecular formula is C23H32O2. The normalized spacial score (nSPS) is 32.3. The fourth-order valence-electron chi connectivity index (χ4n) is 5.72. The first-order valence-corrected chi connectivity index (χ1v) is 9.71. The summed E-state index contributed by atoms with van der Waals surface area (Å²) in [5.74, 6) is 3.31. The van der Waals surface area contributed by atoms with Crippen molar-refractivity contribution in [2.45, 2.75) is 65.7 Å². The second kappa shape index (κ2) is 7.42. The number of hydrogen-bond donors (Lipinski definition) is 0. The van der Waals surface area contributed by atoms with Crippen LogP contribution in [0.4, 0.5) is 0 Å². The molecule has 25 heavy (non-hydrogen) atoms. The summed E-state index contributed by atoms with van der Waals surface area (Å²) in [6.45, 7) is 8.53. The van der Waals surface area contributed by atoms with Crippen LogP contribution in [0.2, 0.25) is 0 Å². The highest BCUT2D eigenvalue weighted by Gasteiger charge is 2.51. The van der Waals surface area contributed by atoms with Crippen molar-refractivity contribution in [3.8, 4) is 12.3 Å². The van der Waals surface area contributed by atoms with E-state index in [2.05, 4.69) is 32.8 Å². The Morgan fingerprint density at radius 2 is 2.16 bits per heavy atom. The predicted octanol–water partition coefficient (Wildman–Crippen LogP) is 5.79. The molecule has 2 aliphatic carbocycles. The highest BCUT2D eigenvalue weighted by molar-refractivity contribution is 5.28. The highest BCUT2D eigenvalue weighted by Crippen LogP contribution is 2.60. The Balaban J connectivity index is 1.81. The first-order chi connectivity index (χ1) is 12.0. The Labute approximate surface area is 153 Å². The molecule has 3 rings (SSSR count). The Bertz CT molecular complexity index is 648. The van der Waals surface area contributed by atoms with Gasteiger partial charge >= 0.3 is 0 Å². The van der Waals surface area contributed by atoms with Crippen molar-refractivity contribution in [1.82, 2.24) is 0 Å². The maximum absolute atomic E-state index is 5.84. The summed E-state index contributed by atoms with van der Waals surface area (Å²) in [5, 5.41) is 0. The van der Waals surface area contributed by atoms with E-state index >= 15 is 0 Å². The Morgan fingerprint density at radius 1 is 1.32 bits per heavy atom. The van der Waals surface area contributed by atoms with Crippen molar-refractivity contribution in [2.24, 2.45) is 16.7 Å². The summed E-state index contributed by atoms with van der Waals surface area (Å²) < 4.78 is 11.1. The van der Waals surface area contributed by atoms with Crippen LogP contribution in [0.5, 0.6) is 0 Å². The number of aryl methyl sites for hydroxylation is 1. The lowest BCUT2D eigenvalue weighted by Crippen LogP contribution is -2.48. The molecule has 0 N–H and O–H groups in total. The van der Waals surface area contributed by atoms with Gasteiger partial charge in [0.1, 0.15) is 6.61 Å². The lowest BCUT2D eigenvalue weighted by Gasteiger charge is -2.56. The molecule has 0 amide bonds. The van der Waals surface area contributed by atoms with E-state index in [4.69, 9.17) is 15.6 Å². The van der Waals surface area contributed by atoms with Gasteiger partial charge in [-0.3, -0.25) is 0 Å². The second-order valence-electron chi connectivity index (χ2n) is 8.60. The average Bonchev–Trinajstić information content (AvgIpc) is 3.07. The standard InChI is InChI=1S/C23H32O2/c1-5-14-25-17-22(3)12-6-13-23(4)20(18(2)7-10-21(22)23)9-8-19-11-15-24-16-19/h1,11,15-16,21H,6-10,12-14,17H2,2-4H3/t21-,22+,23+/m0/s1. The quantitative estimate of drug-likeness (QED) is 0.372. The Hall–Kier alpha value is -1.46. The summed E-state index contributed by atoms with van der Waals surface area (Å²) in [7, 11) is 0. The lowest BCUT2D eigenvalue weighted by atomic mass is 9.49. The molecule has 1 fully saturated rings. The van der Waals surface area contributed by atoms with E-state index in [0.717, 1.165) is 19.4 Å². The summed E-state index contributed by atoms with van der Waals surface area (Å²) >= 11 is 0. The predicted molar refractivity (Wildman–Crippen MR) is 102 cm³/mol. The monoisotopic (exact) mass is 340 g/mol. The molecular weight excluding hydrogens is 308 g/mol. The van der Waals surface area contributed by atoms with Crippen molar-refractivity contribution < 1.29 is 9.15 Å². The smallest absolute Gasteiger partial charge is 0.107 e. The van der Waals surface area contributed by atoms with E-state index in [1.165, 1.54) is 37.7 Å². The third kappa shape index (κ3) is 3.58. The fourth-order valence-corrected chi connectivity index (χ4v) is 5.72. The fraction of sp³-hybridized carbons (Fsp3) is 0.652. The zero-order valence-corrected chi connectivity index (χ0v) is 16.1. The molecule has 0 aliphatic heterocycles. The van der Waals surface area contributed by atoms with Gasteiger partial charge in [0.25, 0.3) is 0 Å². The van der Waals surface area contributed by atoms with Crippen LogP contribution < -0.4 is 0 Å². The van der Waals surface area contributed by atoms with Crippen LogP contribution in [0.3, 0.4) is 0 Å². The zero-order valence-electron chi connectivity index (χ0n) is 16.1. The van der Waals surface area contributed by atoms with Crippen molar-refractivity contribution >= 4 is 0 Å². The molecule has 1 heterocycles. The molecule has 2 nitrogen and oxygen atoms in total. The van der Waals surface area contributed by atoms with Gasteiger partial charge in [-0.25, -0.2) is 0 Å². The van der Waals surface area contributed by atoms with Gasteiger partial charge in [0.05, 0.1) is 19.1 Å². The SMILES string of the molecule is C#CCOC[C@@]1(C)CCC[C@]2(C)C(CCc3ccoc3)=C(C)CC[C@@H]12. The van der Waals surface area contributed by atoms with E-state index in [-0.39, 0.29) is 5.41 Å². The minimum atomic E-state index is 0.242. The molecule has 3 atom stereocenters. The molecule has 1 saturated carbocycles. The molecule has 2 heteroatoms. The minimum Gasteiger partial charge on any atom is -0.472 e.